The number of hydrogen-bond acceptors (Lipinski definition) is 3. The van der Waals surface area contributed by atoms with Crippen molar-refractivity contribution in [2.24, 2.45) is 0 Å². The van der Waals surface area contributed by atoms with E-state index in [2.05, 4.69) is 0 Å². The number of benzene rings is 1. The molecule has 0 aliphatic heterocycles. The van der Waals surface area contributed by atoms with Crippen LogP contribution >= 0.6 is 11.6 Å². The Morgan fingerprint density at radius 2 is 2.12 bits per heavy atom. The standard InChI is InChI=1S/C13H15ClO3/c1-9-5-4-6-10(11(9)7-14)12(8-16-2)13(15)17-3/h4-6,8H,7H2,1-3H3/b12-8+. The van der Waals surface area contributed by atoms with Gasteiger partial charge in [0.25, 0.3) is 0 Å². The molecule has 0 bridgehead atoms. The number of esters is 1. The monoisotopic (exact) mass is 254 g/mol. The van der Waals surface area contributed by atoms with Gasteiger partial charge in [0, 0.05) is 5.88 Å². The number of carbonyl (C=O) groups excluding carboxylic acids is 1. The molecule has 0 amide bonds. The fourth-order valence-corrected chi connectivity index (χ4v) is 1.94. The Labute approximate surface area is 106 Å². The minimum Gasteiger partial charge on any atom is -0.503 e. The van der Waals surface area contributed by atoms with Crippen LogP contribution in [0.1, 0.15) is 16.7 Å². The van der Waals surface area contributed by atoms with Gasteiger partial charge in [0.1, 0.15) is 5.57 Å². The topological polar surface area (TPSA) is 35.5 Å². The van der Waals surface area contributed by atoms with Gasteiger partial charge in [-0.2, -0.15) is 0 Å². The highest BCUT2D eigenvalue weighted by Gasteiger charge is 2.17. The van der Waals surface area contributed by atoms with E-state index in [0.717, 1.165) is 16.7 Å². The van der Waals surface area contributed by atoms with E-state index in [1.165, 1.54) is 20.5 Å². The maximum atomic E-state index is 11.7. The summed E-state index contributed by atoms with van der Waals surface area (Å²) < 4.78 is 9.64. The zero-order valence-electron chi connectivity index (χ0n) is 10.1. The van der Waals surface area contributed by atoms with Crippen LogP contribution in [0.15, 0.2) is 24.5 Å². The summed E-state index contributed by atoms with van der Waals surface area (Å²) in [6.07, 6.45) is 1.37. The van der Waals surface area contributed by atoms with Crippen molar-refractivity contribution in [2.75, 3.05) is 14.2 Å². The predicted octanol–water partition coefficient (Wildman–Crippen LogP) is 2.89. The van der Waals surface area contributed by atoms with Crippen LogP contribution in [-0.4, -0.2) is 20.2 Å². The largest absolute Gasteiger partial charge is 0.503 e. The number of methoxy groups -OCH3 is 2. The zero-order valence-corrected chi connectivity index (χ0v) is 10.9. The molecule has 0 unspecified atom stereocenters. The number of hydrogen-bond donors (Lipinski definition) is 0. The van der Waals surface area contributed by atoms with Crippen molar-refractivity contribution in [3.63, 3.8) is 0 Å². The van der Waals surface area contributed by atoms with Crippen molar-refractivity contribution in [1.82, 2.24) is 0 Å². The van der Waals surface area contributed by atoms with E-state index in [9.17, 15) is 4.79 Å². The molecule has 0 spiro atoms. The van der Waals surface area contributed by atoms with Crippen LogP contribution in [0.2, 0.25) is 0 Å². The number of rotatable bonds is 4. The van der Waals surface area contributed by atoms with E-state index in [1.807, 2.05) is 25.1 Å². The number of ether oxygens (including phenoxy) is 2. The van der Waals surface area contributed by atoms with Crippen LogP contribution < -0.4 is 0 Å². The number of alkyl halides is 1. The van der Waals surface area contributed by atoms with E-state index in [4.69, 9.17) is 21.1 Å². The van der Waals surface area contributed by atoms with Crippen LogP contribution in [0.5, 0.6) is 0 Å². The first-order chi connectivity index (χ1) is 8.15. The Hall–Kier alpha value is -1.48. The molecule has 3 nitrogen and oxygen atoms in total. The molecule has 0 heterocycles. The van der Waals surface area contributed by atoms with Crippen molar-refractivity contribution in [1.29, 1.82) is 0 Å². The normalized spacial score (nSPS) is 11.2. The SMILES string of the molecule is CO/C=C(/C(=O)OC)c1cccc(C)c1CCl. The molecule has 1 aromatic carbocycles. The van der Waals surface area contributed by atoms with Crippen LogP contribution in [0.25, 0.3) is 5.57 Å². The van der Waals surface area contributed by atoms with Gasteiger partial charge >= 0.3 is 5.97 Å². The summed E-state index contributed by atoms with van der Waals surface area (Å²) in [6, 6.07) is 5.64. The van der Waals surface area contributed by atoms with Gasteiger partial charge in [-0.15, -0.1) is 11.6 Å². The molecule has 0 aliphatic rings. The van der Waals surface area contributed by atoms with Crippen molar-refractivity contribution in [2.45, 2.75) is 12.8 Å². The van der Waals surface area contributed by atoms with Gasteiger partial charge in [-0.05, 0) is 23.6 Å². The fourth-order valence-electron chi connectivity index (χ4n) is 1.58. The van der Waals surface area contributed by atoms with Crippen LogP contribution in [0.4, 0.5) is 0 Å². The Bertz CT molecular complexity index is 438. The zero-order chi connectivity index (χ0) is 12.8. The van der Waals surface area contributed by atoms with Crippen molar-refractivity contribution in [3.8, 4) is 0 Å². The molecule has 0 atom stereocenters. The van der Waals surface area contributed by atoms with Crippen molar-refractivity contribution in [3.05, 3.63) is 41.2 Å². The predicted molar refractivity (Wildman–Crippen MR) is 67.7 cm³/mol. The molecular weight excluding hydrogens is 240 g/mol. The number of halogens is 1. The lowest BCUT2D eigenvalue weighted by Crippen LogP contribution is -2.07. The maximum Gasteiger partial charge on any atom is 0.341 e. The van der Waals surface area contributed by atoms with Crippen LogP contribution in [0, 0.1) is 6.92 Å². The second kappa shape index (κ2) is 6.30. The van der Waals surface area contributed by atoms with Crippen LogP contribution in [-0.2, 0) is 20.1 Å². The summed E-state index contributed by atoms with van der Waals surface area (Å²) in [5.74, 6) is -0.108. The summed E-state index contributed by atoms with van der Waals surface area (Å²) in [5, 5.41) is 0. The summed E-state index contributed by atoms with van der Waals surface area (Å²) in [7, 11) is 2.82. The molecule has 0 N–H and O–H groups in total. The lowest BCUT2D eigenvalue weighted by Gasteiger charge is -2.11. The Morgan fingerprint density at radius 1 is 1.41 bits per heavy atom. The highest BCUT2D eigenvalue weighted by Crippen LogP contribution is 2.24. The lowest BCUT2D eigenvalue weighted by molar-refractivity contribution is -0.133. The van der Waals surface area contributed by atoms with E-state index >= 15 is 0 Å². The van der Waals surface area contributed by atoms with Gasteiger partial charge in [0.2, 0.25) is 0 Å². The molecule has 1 rings (SSSR count). The molecule has 4 heteroatoms. The number of carbonyl (C=O) groups is 1. The summed E-state index contributed by atoms with van der Waals surface area (Å²) in [4.78, 5) is 11.7. The first-order valence-corrected chi connectivity index (χ1v) is 5.65. The summed E-state index contributed by atoms with van der Waals surface area (Å²) in [6.45, 7) is 1.95. The third-order valence-corrected chi connectivity index (χ3v) is 2.74. The molecule has 0 aliphatic carbocycles. The Morgan fingerprint density at radius 3 is 2.65 bits per heavy atom. The van der Waals surface area contributed by atoms with Gasteiger partial charge in [0.05, 0.1) is 20.5 Å². The third-order valence-electron chi connectivity index (χ3n) is 2.48. The molecule has 92 valence electrons. The van der Waals surface area contributed by atoms with Gasteiger partial charge in [0.15, 0.2) is 0 Å². The smallest absolute Gasteiger partial charge is 0.341 e. The Balaban J connectivity index is 3.33. The highest BCUT2D eigenvalue weighted by molar-refractivity contribution is 6.20. The van der Waals surface area contributed by atoms with Crippen molar-refractivity contribution < 1.29 is 14.3 Å². The average Bonchev–Trinajstić information content (AvgIpc) is 2.34. The molecule has 0 aromatic heterocycles. The van der Waals surface area contributed by atoms with E-state index in [-0.39, 0.29) is 0 Å². The lowest BCUT2D eigenvalue weighted by atomic mass is 9.97. The van der Waals surface area contributed by atoms with Gasteiger partial charge in [-0.1, -0.05) is 18.2 Å². The second-order valence-electron chi connectivity index (χ2n) is 3.49. The minimum absolute atomic E-state index is 0.333. The molecule has 0 radical (unpaired) electrons. The van der Waals surface area contributed by atoms with Gasteiger partial charge < -0.3 is 9.47 Å². The third kappa shape index (κ3) is 3.01. The minimum atomic E-state index is -0.441. The second-order valence-corrected chi connectivity index (χ2v) is 3.76. The maximum absolute atomic E-state index is 11.7. The average molecular weight is 255 g/mol. The van der Waals surface area contributed by atoms with Gasteiger partial charge in [-0.3, -0.25) is 0 Å². The fraction of sp³-hybridized carbons (Fsp3) is 0.308. The van der Waals surface area contributed by atoms with Crippen molar-refractivity contribution >= 4 is 23.1 Å². The molecule has 0 saturated heterocycles. The highest BCUT2D eigenvalue weighted by atomic mass is 35.5. The summed E-state index contributed by atoms with van der Waals surface area (Å²) in [5.41, 5.74) is 3.05. The van der Waals surface area contributed by atoms with E-state index in [1.54, 1.807) is 0 Å². The Kier molecular flexibility index (Phi) is 5.04. The van der Waals surface area contributed by atoms with Crippen LogP contribution in [0.3, 0.4) is 0 Å². The summed E-state index contributed by atoms with van der Waals surface area (Å²) >= 11 is 5.91. The molecule has 1 aromatic rings. The van der Waals surface area contributed by atoms with E-state index < -0.39 is 5.97 Å². The van der Waals surface area contributed by atoms with Gasteiger partial charge in [-0.25, -0.2) is 4.79 Å². The first kappa shape index (κ1) is 13.6. The molecule has 17 heavy (non-hydrogen) atoms. The molecule has 0 saturated carbocycles. The molecular formula is C13H15ClO3. The number of aryl methyl sites for hydroxylation is 1. The first-order valence-electron chi connectivity index (χ1n) is 5.11. The van der Waals surface area contributed by atoms with E-state index in [0.29, 0.717) is 11.5 Å². The molecule has 0 fully saturated rings. The quantitative estimate of drug-likeness (QED) is 0.359.